The Kier molecular flexibility index (Phi) is 7.56. The van der Waals surface area contributed by atoms with Crippen LogP contribution in [-0.2, 0) is 0 Å². The number of fused-ring (bicyclic) bond motifs is 7. The molecule has 11 rings (SSSR count). The minimum Gasteiger partial charge on any atom is -0.456 e. The first kappa shape index (κ1) is 32.1. The fourth-order valence-electron chi connectivity index (χ4n) is 8.44. The third kappa shape index (κ3) is 5.44. The predicted molar refractivity (Wildman–Crippen MR) is 226 cm³/mol. The zero-order valence-electron chi connectivity index (χ0n) is 30.3. The summed E-state index contributed by atoms with van der Waals surface area (Å²) in [4.78, 5) is 17.5. The monoisotopic (exact) mass is 718 g/mol. The number of anilines is 2. The maximum Gasteiger partial charge on any atom is 0.164 e. The normalized spacial score (nSPS) is 15.4. The molecule has 0 saturated heterocycles. The molecule has 0 amide bonds. The average molecular weight is 719 g/mol. The van der Waals surface area contributed by atoms with E-state index in [0.29, 0.717) is 17.5 Å². The lowest BCUT2D eigenvalue weighted by Crippen LogP contribution is -2.30. The summed E-state index contributed by atoms with van der Waals surface area (Å²) in [5, 5.41) is 1.10. The first-order valence-electron chi connectivity index (χ1n) is 19.0. The number of hydrogen-bond acceptors (Lipinski definition) is 5. The molecule has 2 aliphatic rings. The van der Waals surface area contributed by atoms with Crippen LogP contribution in [0.3, 0.4) is 0 Å². The highest BCUT2D eigenvalue weighted by Gasteiger charge is 2.43. The van der Waals surface area contributed by atoms with Crippen LogP contribution < -0.4 is 4.90 Å². The highest BCUT2D eigenvalue weighted by atomic mass is 16.3. The van der Waals surface area contributed by atoms with Gasteiger partial charge in [-0.15, -0.1) is 0 Å². The van der Waals surface area contributed by atoms with Gasteiger partial charge in [-0.05, 0) is 58.2 Å². The van der Waals surface area contributed by atoms with Gasteiger partial charge >= 0.3 is 0 Å². The first-order valence-corrected chi connectivity index (χ1v) is 19.0. The maximum absolute atomic E-state index is 6.69. The molecule has 0 radical (unpaired) electrons. The molecular formula is C51H34N4O. The van der Waals surface area contributed by atoms with E-state index < -0.39 is 0 Å². The third-order valence-corrected chi connectivity index (χ3v) is 11.1. The smallest absolute Gasteiger partial charge is 0.164 e. The number of furan rings is 1. The van der Waals surface area contributed by atoms with Crippen molar-refractivity contribution in [1.82, 2.24) is 15.0 Å². The molecule has 0 saturated carbocycles. The van der Waals surface area contributed by atoms with E-state index in [-0.39, 0.29) is 12.0 Å². The zero-order chi connectivity index (χ0) is 37.0. The van der Waals surface area contributed by atoms with E-state index in [1.165, 1.54) is 39.2 Å². The number of para-hydroxylation sites is 1. The molecule has 56 heavy (non-hydrogen) atoms. The molecule has 3 heterocycles. The van der Waals surface area contributed by atoms with Crippen molar-refractivity contribution in [1.29, 1.82) is 0 Å². The van der Waals surface area contributed by atoms with Crippen molar-refractivity contribution >= 4 is 28.4 Å². The van der Waals surface area contributed by atoms with Crippen LogP contribution in [0.15, 0.2) is 192 Å². The fourth-order valence-corrected chi connectivity index (χ4v) is 8.44. The van der Waals surface area contributed by atoms with Gasteiger partial charge in [0.05, 0.1) is 6.04 Å². The maximum atomic E-state index is 6.69. The average Bonchev–Trinajstić information content (AvgIpc) is 3.82. The van der Waals surface area contributed by atoms with Crippen LogP contribution in [0.1, 0.15) is 22.8 Å². The van der Waals surface area contributed by atoms with Crippen LogP contribution in [0.2, 0.25) is 0 Å². The van der Waals surface area contributed by atoms with Gasteiger partial charge in [0.25, 0.3) is 0 Å². The van der Waals surface area contributed by atoms with Crippen molar-refractivity contribution in [3.63, 3.8) is 0 Å². The number of rotatable bonds is 6. The van der Waals surface area contributed by atoms with Gasteiger partial charge < -0.3 is 9.32 Å². The summed E-state index contributed by atoms with van der Waals surface area (Å²) in [5.41, 5.74) is 13.2. The van der Waals surface area contributed by atoms with Crippen molar-refractivity contribution in [3.8, 4) is 56.4 Å². The Hall–Kier alpha value is -7.37. The molecule has 0 bridgehead atoms. The summed E-state index contributed by atoms with van der Waals surface area (Å²) in [6.07, 6.45) is 4.45. The van der Waals surface area contributed by atoms with Crippen molar-refractivity contribution in [2.45, 2.75) is 12.0 Å². The Morgan fingerprint density at radius 3 is 1.57 bits per heavy atom. The van der Waals surface area contributed by atoms with Gasteiger partial charge in [-0.25, -0.2) is 15.0 Å². The molecule has 0 N–H and O–H groups in total. The van der Waals surface area contributed by atoms with Crippen LogP contribution in [-0.4, -0.2) is 21.0 Å². The topological polar surface area (TPSA) is 55.1 Å². The van der Waals surface area contributed by atoms with E-state index >= 15 is 0 Å². The second-order valence-electron chi connectivity index (χ2n) is 14.4. The highest BCUT2D eigenvalue weighted by molar-refractivity contribution is 5.92. The van der Waals surface area contributed by atoms with Gasteiger partial charge in [0.15, 0.2) is 17.5 Å². The molecule has 5 nitrogen and oxygen atoms in total. The SMILES string of the molecule is C1=CC2C(c3ccccc3N2c2ccc(-c3ccccc3)cc2)c2c1oc1cc(-c3nc(-c4ccccc4)nc(-c4ccc(-c5ccccc5)cc4)n3)ccc21. The molecule has 1 aliphatic heterocycles. The van der Waals surface area contributed by atoms with E-state index in [2.05, 4.69) is 163 Å². The van der Waals surface area contributed by atoms with E-state index in [4.69, 9.17) is 19.4 Å². The van der Waals surface area contributed by atoms with E-state index in [9.17, 15) is 0 Å². The Labute approximate surface area is 324 Å². The third-order valence-electron chi connectivity index (χ3n) is 11.1. The highest BCUT2D eigenvalue weighted by Crippen LogP contribution is 2.53. The number of hydrogen-bond donors (Lipinski definition) is 0. The van der Waals surface area contributed by atoms with Gasteiger partial charge in [0.1, 0.15) is 11.3 Å². The van der Waals surface area contributed by atoms with Crippen molar-refractivity contribution in [2.24, 2.45) is 0 Å². The molecule has 0 fully saturated rings. The molecule has 0 spiro atoms. The number of nitrogens with zero attached hydrogens (tertiary/aromatic N) is 4. The molecule has 264 valence electrons. The fraction of sp³-hybridized carbons (Fsp3) is 0.0392. The quantitative estimate of drug-likeness (QED) is 0.171. The summed E-state index contributed by atoms with van der Waals surface area (Å²) in [5.74, 6) is 2.86. The molecule has 1 aliphatic carbocycles. The van der Waals surface area contributed by atoms with Crippen molar-refractivity contribution in [2.75, 3.05) is 4.90 Å². The van der Waals surface area contributed by atoms with Gasteiger partial charge in [0, 0.05) is 44.9 Å². The molecule has 5 heteroatoms. The summed E-state index contributed by atoms with van der Waals surface area (Å²) < 4.78 is 6.69. The minimum atomic E-state index is 0.107. The molecule has 2 unspecified atom stereocenters. The Morgan fingerprint density at radius 2 is 0.929 bits per heavy atom. The lowest BCUT2D eigenvalue weighted by molar-refractivity contribution is 0.584. The molecular weight excluding hydrogens is 685 g/mol. The summed E-state index contributed by atoms with van der Waals surface area (Å²) >= 11 is 0. The zero-order valence-corrected chi connectivity index (χ0v) is 30.3. The number of aromatic nitrogens is 3. The van der Waals surface area contributed by atoms with Crippen LogP contribution in [0.5, 0.6) is 0 Å². The molecule has 2 aromatic heterocycles. The molecule has 2 atom stereocenters. The lowest BCUT2D eigenvalue weighted by atomic mass is 9.82. The summed E-state index contributed by atoms with van der Waals surface area (Å²) in [6, 6.07) is 63.7. The number of benzene rings is 7. The van der Waals surface area contributed by atoms with Crippen LogP contribution in [0.4, 0.5) is 11.4 Å². The second kappa shape index (κ2) is 13.2. The largest absolute Gasteiger partial charge is 0.456 e. The van der Waals surface area contributed by atoms with Crippen molar-refractivity contribution in [3.05, 3.63) is 205 Å². The van der Waals surface area contributed by atoms with Crippen molar-refractivity contribution < 1.29 is 4.42 Å². The van der Waals surface area contributed by atoms with Gasteiger partial charge in [-0.2, -0.15) is 0 Å². The summed E-state index contributed by atoms with van der Waals surface area (Å²) in [6.45, 7) is 0. The van der Waals surface area contributed by atoms with Gasteiger partial charge in [-0.1, -0.05) is 164 Å². The predicted octanol–water partition coefficient (Wildman–Crippen LogP) is 12.6. The van der Waals surface area contributed by atoms with Gasteiger partial charge in [-0.3, -0.25) is 0 Å². The second-order valence-corrected chi connectivity index (χ2v) is 14.4. The molecule has 9 aromatic rings. The van der Waals surface area contributed by atoms with E-state index in [0.717, 1.165) is 39.0 Å². The Morgan fingerprint density at radius 1 is 0.446 bits per heavy atom. The first-order chi connectivity index (χ1) is 27.7. The standard InChI is InChI=1S/C51H34N4O/c1-4-12-33(13-5-1)35-20-22-38(23-21-35)50-52-49(37-16-8-3-9-17-37)53-51(54-50)39-26-29-42-46(32-39)56-45-31-30-44-47(48(42)45)41-18-10-11-19-43(41)55(44)40-27-24-36(25-28-40)34-14-6-2-7-15-34/h1-32,44,47H. The van der Waals surface area contributed by atoms with Crippen LogP contribution in [0.25, 0.3) is 73.5 Å². The van der Waals surface area contributed by atoms with Crippen LogP contribution >= 0.6 is 0 Å². The lowest BCUT2D eigenvalue weighted by Gasteiger charge is -2.30. The Bertz CT molecular complexity index is 2900. The van der Waals surface area contributed by atoms with Crippen LogP contribution in [0, 0.1) is 0 Å². The van der Waals surface area contributed by atoms with E-state index in [1.807, 2.05) is 36.4 Å². The van der Waals surface area contributed by atoms with Gasteiger partial charge in [0.2, 0.25) is 0 Å². The minimum absolute atomic E-state index is 0.107. The molecule has 7 aromatic carbocycles. The Balaban J connectivity index is 0.976. The summed E-state index contributed by atoms with van der Waals surface area (Å²) in [7, 11) is 0. The van der Waals surface area contributed by atoms with E-state index in [1.54, 1.807) is 0 Å².